The van der Waals surface area contributed by atoms with Crippen molar-refractivity contribution in [2.24, 2.45) is 5.92 Å². The maximum Gasteiger partial charge on any atom is 0.516 e. The van der Waals surface area contributed by atoms with Crippen LogP contribution in [0.4, 0.5) is 18.9 Å². The molecule has 234 valence electrons. The Kier molecular flexibility index (Phi) is 8.43. The first-order valence-corrected chi connectivity index (χ1v) is 15.4. The summed E-state index contributed by atoms with van der Waals surface area (Å²) in [4.78, 5) is 4.70. The van der Waals surface area contributed by atoms with Crippen molar-refractivity contribution in [2.75, 3.05) is 18.4 Å². The third kappa shape index (κ3) is 6.41. The summed E-state index contributed by atoms with van der Waals surface area (Å²) in [5, 5.41) is 11.6. The van der Waals surface area contributed by atoms with Gasteiger partial charge in [-0.2, -0.15) is 21.6 Å². The summed E-state index contributed by atoms with van der Waals surface area (Å²) < 4.78 is 81.9. The summed E-state index contributed by atoms with van der Waals surface area (Å²) in [6, 6.07) is 19.3. The predicted molar refractivity (Wildman–Crippen MR) is 161 cm³/mol. The SMILES string of the molecule is COc1ccc(NS(=O)(=O)C(F)(F)F)cc1C[C@H]1[C@@H](CO)c2cc(OCc3ccc4ccc(C)cc4n3)ccc2OC1(C)C. The molecule has 44 heavy (non-hydrogen) atoms. The van der Waals surface area contributed by atoms with Crippen LogP contribution in [0.15, 0.2) is 66.7 Å². The molecule has 1 aliphatic rings. The number of nitrogens with zero attached hydrogens (tertiary/aromatic N) is 1. The van der Waals surface area contributed by atoms with E-state index in [1.165, 1.54) is 25.3 Å². The Labute approximate surface area is 253 Å². The number of fused-ring (bicyclic) bond motifs is 2. The number of anilines is 1. The molecule has 1 aliphatic heterocycles. The molecule has 2 N–H and O–H groups in total. The smallest absolute Gasteiger partial charge is 0.496 e. The number of halogens is 3. The number of hydrogen-bond donors (Lipinski definition) is 2. The number of methoxy groups -OCH3 is 1. The average Bonchev–Trinajstić information content (AvgIpc) is 2.95. The molecule has 0 saturated heterocycles. The van der Waals surface area contributed by atoms with Gasteiger partial charge in [0, 0.05) is 28.5 Å². The van der Waals surface area contributed by atoms with Gasteiger partial charge in [-0.25, -0.2) is 4.98 Å². The first kappa shape index (κ1) is 31.4. The van der Waals surface area contributed by atoms with Gasteiger partial charge in [0.2, 0.25) is 0 Å². The zero-order chi connectivity index (χ0) is 31.9. The number of aryl methyl sites for hydroxylation is 1. The number of pyridine rings is 1. The molecule has 4 aromatic rings. The van der Waals surface area contributed by atoms with Gasteiger partial charge in [-0.1, -0.05) is 18.2 Å². The van der Waals surface area contributed by atoms with Gasteiger partial charge in [0.05, 0.1) is 24.9 Å². The van der Waals surface area contributed by atoms with E-state index in [2.05, 4.69) is 0 Å². The monoisotopic (exact) mass is 630 g/mol. The molecule has 2 heterocycles. The van der Waals surface area contributed by atoms with E-state index >= 15 is 0 Å². The topological polar surface area (TPSA) is 107 Å². The van der Waals surface area contributed by atoms with Crippen LogP contribution in [-0.2, 0) is 23.1 Å². The van der Waals surface area contributed by atoms with Crippen molar-refractivity contribution in [1.82, 2.24) is 4.98 Å². The number of benzene rings is 3. The molecule has 0 amide bonds. The summed E-state index contributed by atoms with van der Waals surface area (Å²) in [6.45, 7) is 5.71. The molecule has 3 aromatic carbocycles. The maximum absolute atomic E-state index is 13.0. The minimum atomic E-state index is -5.62. The van der Waals surface area contributed by atoms with Crippen molar-refractivity contribution in [1.29, 1.82) is 0 Å². The van der Waals surface area contributed by atoms with Gasteiger partial charge in [0.25, 0.3) is 0 Å². The summed E-state index contributed by atoms with van der Waals surface area (Å²) in [5.41, 5.74) is -2.65. The Morgan fingerprint density at radius 1 is 1.05 bits per heavy atom. The number of sulfonamides is 1. The van der Waals surface area contributed by atoms with E-state index in [0.29, 0.717) is 28.4 Å². The summed E-state index contributed by atoms with van der Waals surface area (Å²) in [6.07, 6.45) is 0.202. The van der Waals surface area contributed by atoms with Gasteiger partial charge in [-0.05, 0) is 86.8 Å². The second kappa shape index (κ2) is 11.8. The van der Waals surface area contributed by atoms with Crippen LogP contribution in [-0.4, -0.2) is 43.3 Å². The van der Waals surface area contributed by atoms with Gasteiger partial charge < -0.3 is 19.3 Å². The molecular formula is C32H33F3N2O6S. The Hall–Kier alpha value is -4.03. The number of ether oxygens (including phenoxy) is 3. The van der Waals surface area contributed by atoms with E-state index in [-0.39, 0.29) is 31.2 Å². The number of aliphatic hydroxyl groups is 1. The fraction of sp³-hybridized carbons (Fsp3) is 0.344. The lowest BCUT2D eigenvalue weighted by Crippen LogP contribution is -2.46. The highest BCUT2D eigenvalue weighted by Crippen LogP contribution is 2.48. The lowest BCUT2D eigenvalue weighted by molar-refractivity contribution is -0.0429. The first-order chi connectivity index (χ1) is 20.7. The molecule has 12 heteroatoms. The Balaban J connectivity index is 1.41. The number of aromatic nitrogens is 1. The third-order valence-electron chi connectivity index (χ3n) is 7.90. The van der Waals surface area contributed by atoms with Crippen molar-refractivity contribution in [3.05, 3.63) is 89.1 Å². The number of aliphatic hydroxyl groups excluding tert-OH is 1. The van der Waals surface area contributed by atoms with Gasteiger partial charge >= 0.3 is 15.5 Å². The van der Waals surface area contributed by atoms with E-state index < -0.39 is 27.1 Å². The average molecular weight is 631 g/mol. The van der Waals surface area contributed by atoms with Gasteiger partial charge in [0.1, 0.15) is 29.5 Å². The molecule has 5 rings (SSSR count). The van der Waals surface area contributed by atoms with Gasteiger partial charge in [0.15, 0.2) is 0 Å². The summed E-state index contributed by atoms with van der Waals surface area (Å²) >= 11 is 0. The molecule has 0 unspecified atom stereocenters. The van der Waals surface area contributed by atoms with Crippen molar-refractivity contribution in [3.63, 3.8) is 0 Å². The highest BCUT2D eigenvalue weighted by Gasteiger charge is 2.46. The third-order valence-corrected chi connectivity index (χ3v) is 9.01. The first-order valence-electron chi connectivity index (χ1n) is 13.9. The standard InChI is InChI=1S/C32H33F3N2O6S/c1-19-5-6-20-7-8-23(36-28(20)13-19)18-42-24-10-12-30-25(16-24)26(17-38)27(31(2,3)43-30)15-21-14-22(9-11-29(21)41-4)37-44(39,40)32(33,34)35/h5-14,16,26-27,37-38H,15,17-18H2,1-4H3/t26-,27-/m0/s1. The quantitative estimate of drug-likeness (QED) is 0.218. The van der Waals surface area contributed by atoms with Crippen molar-refractivity contribution < 1.29 is 40.9 Å². The maximum atomic E-state index is 13.0. The predicted octanol–water partition coefficient (Wildman–Crippen LogP) is 6.50. The Morgan fingerprint density at radius 2 is 1.80 bits per heavy atom. The van der Waals surface area contributed by atoms with Crippen LogP contribution in [0, 0.1) is 12.8 Å². The van der Waals surface area contributed by atoms with E-state index in [0.717, 1.165) is 22.2 Å². The molecule has 0 spiro atoms. The van der Waals surface area contributed by atoms with Crippen LogP contribution in [0.3, 0.4) is 0 Å². The van der Waals surface area contributed by atoms with Crippen molar-refractivity contribution in [3.8, 4) is 17.2 Å². The van der Waals surface area contributed by atoms with Crippen LogP contribution >= 0.6 is 0 Å². The molecule has 0 bridgehead atoms. The normalized spacial score (nSPS) is 17.9. The molecule has 2 atom stereocenters. The van der Waals surface area contributed by atoms with Crippen LogP contribution in [0.5, 0.6) is 17.2 Å². The molecule has 8 nitrogen and oxygen atoms in total. The minimum Gasteiger partial charge on any atom is -0.496 e. The molecule has 1 aromatic heterocycles. The van der Waals surface area contributed by atoms with Crippen molar-refractivity contribution >= 4 is 26.6 Å². The number of rotatable bonds is 9. The highest BCUT2D eigenvalue weighted by molar-refractivity contribution is 7.93. The minimum absolute atomic E-state index is 0.202. The van der Waals surface area contributed by atoms with E-state index in [9.17, 15) is 26.7 Å². The lowest BCUT2D eigenvalue weighted by Gasteiger charge is -2.45. The second-order valence-electron chi connectivity index (χ2n) is 11.4. The number of alkyl halides is 3. The summed E-state index contributed by atoms with van der Waals surface area (Å²) in [5.74, 6) is 0.656. The zero-order valence-corrected chi connectivity index (χ0v) is 25.4. The molecule has 0 radical (unpaired) electrons. The Morgan fingerprint density at radius 3 is 2.50 bits per heavy atom. The summed E-state index contributed by atoms with van der Waals surface area (Å²) in [7, 11) is -4.20. The van der Waals surface area contributed by atoms with Crippen LogP contribution in [0.25, 0.3) is 10.9 Å². The molecule has 0 fully saturated rings. The molecular weight excluding hydrogens is 597 g/mol. The largest absolute Gasteiger partial charge is 0.516 e. The molecule has 0 aliphatic carbocycles. The van der Waals surface area contributed by atoms with E-state index in [4.69, 9.17) is 19.2 Å². The van der Waals surface area contributed by atoms with Crippen LogP contribution in [0.1, 0.15) is 42.1 Å². The zero-order valence-electron chi connectivity index (χ0n) is 24.6. The molecule has 0 saturated carbocycles. The van der Waals surface area contributed by atoms with Crippen molar-refractivity contribution in [2.45, 2.75) is 50.8 Å². The fourth-order valence-corrected chi connectivity index (χ4v) is 6.18. The Bertz CT molecular complexity index is 1790. The second-order valence-corrected chi connectivity index (χ2v) is 13.0. The van der Waals surface area contributed by atoms with E-state index in [1.54, 1.807) is 16.9 Å². The number of nitrogens with one attached hydrogen (secondary N) is 1. The van der Waals surface area contributed by atoms with Gasteiger partial charge in [-0.15, -0.1) is 0 Å². The highest BCUT2D eigenvalue weighted by atomic mass is 32.2. The van der Waals surface area contributed by atoms with Gasteiger partial charge in [-0.3, -0.25) is 4.72 Å². The number of hydrogen-bond acceptors (Lipinski definition) is 7. The fourth-order valence-electron chi connectivity index (χ4n) is 5.63. The van der Waals surface area contributed by atoms with Crippen LogP contribution < -0.4 is 18.9 Å². The van der Waals surface area contributed by atoms with Crippen LogP contribution in [0.2, 0.25) is 0 Å². The lowest BCUT2D eigenvalue weighted by atomic mass is 9.71. The van der Waals surface area contributed by atoms with E-state index in [1.807, 2.05) is 57.2 Å².